The summed E-state index contributed by atoms with van der Waals surface area (Å²) in [5.41, 5.74) is 0.500. The first kappa shape index (κ1) is 17.4. The summed E-state index contributed by atoms with van der Waals surface area (Å²) in [6, 6.07) is 0.341. The minimum absolute atomic E-state index is 0.0545. The monoisotopic (exact) mass is 337 g/mol. The highest BCUT2D eigenvalue weighted by Gasteiger charge is 2.61. The third-order valence-electron chi connectivity index (χ3n) is 7.36. The van der Waals surface area contributed by atoms with Crippen molar-refractivity contribution in [1.82, 2.24) is 15.5 Å². The summed E-state index contributed by atoms with van der Waals surface area (Å²) in [5.74, 6) is 0.719. The molecular weight excluding hydrogens is 306 g/mol. The van der Waals surface area contributed by atoms with E-state index in [-0.39, 0.29) is 29.6 Å². The number of fused-ring (bicyclic) bond motifs is 2. The van der Waals surface area contributed by atoms with Crippen molar-refractivity contribution in [3.8, 4) is 0 Å². The van der Waals surface area contributed by atoms with Crippen molar-refractivity contribution in [2.24, 2.45) is 16.7 Å². The van der Waals surface area contributed by atoms with E-state index in [9.17, 15) is 9.59 Å². The highest BCUT2D eigenvalue weighted by atomic mass is 16.5. The van der Waals surface area contributed by atoms with Crippen LogP contribution in [0.2, 0.25) is 0 Å². The van der Waals surface area contributed by atoms with E-state index in [0.717, 1.165) is 25.2 Å². The summed E-state index contributed by atoms with van der Waals surface area (Å²) in [7, 11) is 1.40. The summed E-state index contributed by atoms with van der Waals surface area (Å²) in [5, 5.41) is 6.34. The average molecular weight is 337 g/mol. The number of nitrogens with one attached hydrogen (secondary N) is 2. The van der Waals surface area contributed by atoms with E-state index in [4.69, 9.17) is 4.74 Å². The molecule has 3 aliphatic rings. The van der Waals surface area contributed by atoms with E-state index in [0.29, 0.717) is 18.5 Å². The lowest BCUT2D eigenvalue weighted by atomic mass is 9.69. The number of nitrogens with zero attached hydrogens (tertiary/aromatic N) is 1. The van der Waals surface area contributed by atoms with E-state index < -0.39 is 0 Å². The van der Waals surface area contributed by atoms with Crippen molar-refractivity contribution in [3.05, 3.63) is 0 Å². The fourth-order valence-corrected chi connectivity index (χ4v) is 5.14. The standard InChI is InChI=1S/C18H31N3O3/c1-17(2)12-5-8-18(17,3)14(11-12)20-15(22)19-13-6-9-21(10-7-13)16(23)24-4/h12-14H,5-11H2,1-4H3,(H2,19,20,22)/t12-,14-,18-/m1/s1. The Morgan fingerprint density at radius 2 is 1.75 bits per heavy atom. The van der Waals surface area contributed by atoms with E-state index in [1.807, 2.05) is 0 Å². The molecule has 24 heavy (non-hydrogen) atoms. The smallest absolute Gasteiger partial charge is 0.409 e. The van der Waals surface area contributed by atoms with Gasteiger partial charge in [-0.2, -0.15) is 0 Å². The number of rotatable bonds is 2. The van der Waals surface area contributed by atoms with Crippen LogP contribution in [-0.2, 0) is 4.74 Å². The summed E-state index contributed by atoms with van der Waals surface area (Å²) in [4.78, 5) is 25.6. The normalized spacial score (nSPS) is 34.9. The molecule has 1 aliphatic heterocycles. The molecular formula is C18H31N3O3. The zero-order chi connectivity index (χ0) is 17.5. The van der Waals surface area contributed by atoms with E-state index in [1.54, 1.807) is 4.90 Å². The van der Waals surface area contributed by atoms with Crippen molar-refractivity contribution in [2.45, 2.75) is 65.0 Å². The van der Waals surface area contributed by atoms with Crippen LogP contribution in [0, 0.1) is 16.7 Å². The Morgan fingerprint density at radius 1 is 1.08 bits per heavy atom. The van der Waals surface area contributed by atoms with Crippen LogP contribution in [0.3, 0.4) is 0 Å². The van der Waals surface area contributed by atoms with Crippen molar-refractivity contribution in [3.63, 3.8) is 0 Å². The van der Waals surface area contributed by atoms with Gasteiger partial charge in [0.1, 0.15) is 0 Å². The number of amides is 3. The SMILES string of the molecule is COC(=O)N1CCC(NC(=O)N[C@@H]2C[C@H]3CC[C@@]2(C)C3(C)C)CC1. The molecule has 1 heterocycles. The molecule has 0 aromatic heterocycles. The Kier molecular flexibility index (Phi) is 4.43. The Bertz CT molecular complexity index is 514. The van der Waals surface area contributed by atoms with Gasteiger partial charge < -0.3 is 20.3 Å². The number of piperidine rings is 1. The number of urea groups is 1. The molecule has 2 N–H and O–H groups in total. The molecule has 2 aliphatic carbocycles. The van der Waals surface area contributed by atoms with E-state index in [2.05, 4.69) is 31.4 Å². The van der Waals surface area contributed by atoms with Crippen molar-refractivity contribution in [1.29, 1.82) is 0 Å². The largest absolute Gasteiger partial charge is 0.453 e. The first-order valence-corrected chi connectivity index (χ1v) is 9.18. The maximum Gasteiger partial charge on any atom is 0.409 e. The second-order valence-electron chi connectivity index (χ2n) is 8.51. The minimum atomic E-state index is -0.282. The fourth-order valence-electron chi connectivity index (χ4n) is 5.14. The number of ether oxygens (including phenoxy) is 1. The molecule has 2 saturated carbocycles. The number of hydrogen-bond donors (Lipinski definition) is 2. The minimum Gasteiger partial charge on any atom is -0.453 e. The van der Waals surface area contributed by atoms with Crippen LogP contribution in [0.25, 0.3) is 0 Å². The maximum atomic E-state index is 12.4. The van der Waals surface area contributed by atoms with Gasteiger partial charge in [-0.05, 0) is 48.9 Å². The molecule has 0 aromatic rings. The van der Waals surface area contributed by atoms with Crippen molar-refractivity contribution in [2.75, 3.05) is 20.2 Å². The molecule has 3 rings (SSSR count). The van der Waals surface area contributed by atoms with Crippen LogP contribution in [0.15, 0.2) is 0 Å². The van der Waals surface area contributed by atoms with Gasteiger partial charge in [-0.1, -0.05) is 20.8 Å². The van der Waals surface area contributed by atoms with Gasteiger partial charge in [0, 0.05) is 25.2 Å². The Hall–Kier alpha value is -1.46. The number of carbonyl (C=O) groups is 2. The van der Waals surface area contributed by atoms with Crippen molar-refractivity contribution < 1.29 is 14.3 Å². The van der Waals surface area contributed by atoms with Crippen LogP contribution < -0.4 is 10.6 Å². The van der Waals surface area contributed by atoms with Crippen LogP contribution in [0.4, 0.5) is 9.59 Å². The molecule has 2 bridgehead atoms. The Labute approximate surface area is 144 Å². The summed E-state index contributed by atoms with van der Waals surface area (Å²) in [6.45, 7) is 8.31. The first-order valence-electron chi connectivity index (χ1n) is 9.18. The van der Waals surface area contributed by atoms with Gasteiger partial charge in [0.2, 0.25) is 0 Å². The predicted molar refractivity (Wildman–Crippen MR) is 91.7 cm³/mol. The Balaban J connectivity index is 1.49. The van der Waals surface area contributed by atoms with Gasteiger partial charge in [0.15, 0.2) is 0 Å². The summed E-state index contributed by atoms with van der Waals surface area (Å²) >= 11 is 0. The van der Waals surface area contributed by atoms with Gasteiger partial charge in [-0.3, -0.25) is 0 Å². The molecule has 3 atom stereocenters. The van der Waals surface area contributed by atoms with Gasteiger partial charge >= 0.3 is 12.1 Å². The van der Waals surface area contributed by atoms with E-state index >= 15 is 0 Å². The topological polar surface area (TPSA) is 70.7 Å². The van der Waals surface area contributed by atoms with Gasteiger partial charge in [-0.15, -0.1) is 0 Å². The highest BCUT2D eigenvalue weighted by molar-refractivity contribution is 5.75. The molecule has 6 heteroatoms. The summed E-state index contributed by atoms with van der Waals surface area (Å²) < 4.78 is 4.74. The molecule has 0 radical (unpaired) electrons. The third kappa shape index (κ3) is 2.74. The lowest BCUT2D eigenvalue weighted by Gasteiger charge is -2.39. The summed E-state index contributed by atoms with van der Waals surface area (Å²) in [6.07, 6.45) is 4.85. The molecule has 3 fully saturated rings. The van der Waals surface area contributed by atoms with Crippen LogP contribution in [0.5, 0.6) is 0 Å². The molecule has 0 spiro atoms. The quantitative estimate of drug-likeness (QED) is 0.814. The lowest BCUT2D eigenvalue weighted by Crippen LogP contribution is -2.54. The maximum absolute atomic E-state index is 12.4. The first-order chi connectivity index (χ1) is 11.3. The van der Waals surface area contributed by atoms with Crippen LogP contribution >= 0.6 is 0 Å². The fraction of sp³-hybridized carbons (Fsp3) is 0.889. The van der Waals surface area contributed by atoms with Crippen LogP contribution in [0.1, 0.15) is 52.9 Å². The van der Waals surface area contributed by atoms with Gasteiger partial charge in [0.05, 0.1) is 7.11 Å². The highest BCUT2D eigenvalue weighted by Crippen LogP contribution is 2.65. The third-order valence-corrected chi connectivity index (χ3v) is 7.36. The number of hydrogen-bond acceptors (Lipinski definition) is 3. The molecule has 0 aromatic carbocycles. The van der Waals surface area contributed by atoms with Crippen molar-refractivity contribution >= 4 is 12.1 Å². The molecule has 6 nitrogen and oxygen atoms in total. The average Bonchev–Trinajstić information content (AvgIpc) is 2.88. The number of likely N-dealkylation sites (tertiary alicyclic amines) is 1. The second kappa shape index (κ2) is 6.12. The number of carbonyl (C=O) groups excluding carboxylic acids is 2. The lowest BCUT2D eigenvalue weighted by molar-refractivity contribution is 0.109. The van der Waals surface area contributed by atoms with E-state index in [1.165, 1.54) is 20.0 Å². The number of methoxy groups -OCH3 is 1. The molecule has 1 saturated heterocycles. The molecule has 136 valence electrons. The molecule has 0 unspecified atom stereocenters. The molecule has 3 amide bonds. The Morgan fingerprint density at radius 3 is 2.25 bits per heavy atom. The zero-order valence-corrected chi connectivity index (χ0v) is 15.4. The predicted octanol–water partition coefficient (Wildman–Crippen LogP) is 2.73. The van der Waals surface area contributed by atoms with Gasteiger partial charge in [-0.25, -0.2) is 9.59 Å². The van der Waals surface area contributed by atoms with Crippen LogP contribution in [-0.4, -0.2) is 49.3 Å². The zero-order valence-electron chi connectivity index (χ0n) is 15.4. The second-order valence-corrected chi connectivity index (χ2v) is 8.51. The van der Waals surface area contributed by atoms with Gasteiger partial charge in [0.25, 0.3) is 0 Å².